The van der Waals surface area contributed by atoms with Crippen molar-refractivity contribution < 1.29 is 24.4 Å². The molecule has 3 rings (SSSR count). The van der Waals surface area contributed by atoms with Gasteiger partial charge in [-0.1, -0.05) is 12.1 Å². The van der Waals surface area contributed by atoms with E-state index in [0.29, 0.717) is 29.8 Å². The average Bonchev–Trinajstić information content (AvgIpc) is 3.03. The molecular weight excluding hydrogens is 438 g/mol. The molecule has 0 radical (unpaired) electrons. The van der Waals surface area contributed by atoms with Crippen molar-refractivity contribution >= 4 is 23.1 Å². The van der Waals surface area contributed by atoms with Crippen molar-refractivity contribution in [1.82, 2.24) is 9.80 Å². The summed E-state index contributed by atoms with van der Waals surface area (Å²) in [5, 5.41) is 22.5. The average molecular weight is 468 g/mol. The monoisotopic (exact) mass is 467 g/mol. The number of amides is 1. The number of Topliss-reactive ketones (excluding diaryl/α,β-unsaturated/α-hetero) is 1. The Kier molecular flexibility index (Phi) is 7.68. The van der Waals surface area contributed by atoms with Gasteiger partial charge in [0.2, 0.25) is 0 Å². The number of nitro benzene ring substituents is 1. The lowest BCUT2D eigenvalue weighted by Crippen LogP contribution is -2.32. The second-order valence-electron chi connectivity index (χ2n) is 8.69. The van der Waals surface area contributed by atoms with Crippen molar-refractivity contribution in [2.45, 2.75) is 32.4 Å². The molecule has 0 aromatic heterocycles. The van der Waals surface area contributed by atoms with E-state index in [1.807, 2.05) is 32.8 Å². The zero-order valence-electron chi connectivity index (χ0n) is 19.7. The third kappa shape index (κ3) is 5.43. The molecule has 1 aliphatic heterocycles. The van der Waals surface area contributed by atoms with E-state index >= 15 is 0 Å². The zero-order chi connectivity index (χ0) is 25.0. The first-order valence-electron chi connectivity index (χ1n) is 11.0. The molecule has 1 atom stereocenters. The van der Waals surface area contributed by atoms with Crippen LogP contribution in [0.15, 0.2) is 54.1 Å². The van der Waals surface area contributed by atoms with E-state index in [2.05, 4.69) is 0 Å². The highest BCUT2D eigenvalue weighted by Gasteiger charge is 2.46. The molecular formula is C25H29N3O6. The zero-order valence-corrected chi connectivity index (χ0v) is 19.7. The van der Waals surface area contributed by atoms with E-state index < -0.39 is 22.7 Å². The first kappa shape index (κ1) is 24.9. The molecule has 2 aromatic rings. The Balaban J connectivity index is 2.08. The van der Waals surface area contributed by atoms with Crippen molar-refractivity contribution in [3.63, 3.8) is 0 Å². The number of ether oxygens (including phenoxy) is 1. The van der Waals surface area contributed by atoms with E-state index in [4.69, 9.17) is 4.74 Å². The van der Waals surface area contributed by atoms with Gasteiger partial charge < -0.3 is 19.6 Å². The second kappa shape index (κ2) is 10.5. The first-order valence-corrected chi connectivity index (χ1v) is 11.0. The highest BCUT2D eigenvalue weighted by atomic mass is 16.6. The van der Waals surface area contributed by atoms with Gasteiger partial charge in [-0.3, -0.25) is 19.7 Å². The quantitative estimate of drug-likeness (QED) is 0.196. The summed E-state index contributed by atoms with van der Waals surface area (Å²) < 4.78 is 5.62. The fourth-order valence-electron chi connectivity index (χ4n) is 3.94. The normalized spacial score (nSPS) is 17.6. The van der Waals surface area contributed by atoms with Gasteiger partial charge in [0.15, 0.2) is 0 Å². The lowest BCUT2D eigenvalue weighted by atomic mass is 9.95. The number of rotatable bonds is 9. The summed E-state index contributed by atoms with van der Waals surface area (Å²) in [6.45, 7) is 4.73. The molecule has 0 unspecified atom stereocenters. The van der Waals surface area contributed by atoms with Crippen LogP contribution >= 0.6 is 0 Å². The molecule has 0 saturated carbocycles. The van der Waals surface area contributed by atoms with Gasteiger partial charge in [-0.15, -0.1) is 0 Å². The number of nitro groups is 1. The minimum Gasteiger partial charge on any atom is -0.507 e. The molecule has 34 heavy (non-hydrogen) atoms. The Morgan fingerprint density at radius 2 is 1.85 bits per heavy atom. The summed E-state index contributed by atoms with van der Waals surface area (Å²) in [6.07, 6.45) is 0.563. The van der Waals surface area contributed by atoms with Crippen LogP contribution in [0.3, 0.4) is 0 Å². The summed E-state index contributed by atoms with van der Waals surface area (Å²) in [6, 6.07) is 11.4. The lowest BCUT2D eigenvalue weighted by molar-refractivity contribution is -0.384. The number of non-ortho nitro benzene ring substituents is 1. The number of benzene rings is 2. The van der Waals surface area contributed by atoms with Crippen molar-refractivity contribution in [2.24, 2.45) is 0 Å². The fourth-order valence-corrected chi connectivity index (χ4v) is 3.94. The van der Waals surface area contributed by atoms with Crippen molar-refractivity contribution in [3.05, 3.63) is 75.3 Å². The third-order valence-corrected chi connectivity index (χ3v) is 5.44. The number of ketones is 1. The predicted molar refractivity (Wildman–Crippen MR) is 127 cm³/mol. The fraction of sp³-hybridized carbons (Fsp3) is 0.360. The standard InChI is InChI=1S/C25H29N3O6/c1-16(2)34-20-11-9-17(10-12-20)23(29)21-22(18-7-5-8-19(15-18)28(32)33)27(25(31)24(21)30)14-6-13-26(3)4/h5,7-12,15-16,22,29H,6,13-14H2,1-4H3/t22-/m1/s1. The van der Waals surface area contributed by atoms with Gasteiger partial charge in [0.05, 0.1) is 22.6 Å². The summed E-state index contributed by atoms with van der Waals surface area (Å²) in [4.78, 5) is 40.2. The Hall–Kier alpha value is -3.72. The topological polar surface area (TPSA) is 113 Å². The van der Waals surface area contributed by atoms with Crippen molar-refractivity contribution in [2.75, 3.05) is 27.2 Å². The number of hydrogen-bond acceptors (Lipinski definition) is 7. The maximum atomic E-state index is 13.1. The maximum absolute atomic E-state index is 13.1. The van der Waals surface area contributed by atoms with Gasteiger partial charge in [0.25, 0.3) is 17.4 Å². The second-order valence-corrected chi connectivity index (χ2v) is 8.69. The Morgan fingerprint density at radius 1 is 1.18 bits per heavy atom. The van der Waals surface area contributed by atoms with Crippen LogP contribution < -0.4 is 4.74 Å². The number of carbonyl (C=O) groups is 2. The van der Waals surface area contributed by atoms with Crippen molar-refractivity contribution in [3.8, 4) is 5.75 Å². The van der Waals surface area contributed by atoms with Crippen LogP contribution in [0.1, 0.15) is 37.4 Å². The molecule has 180 valence electrons. The maximum Gasteiger partial charge on any atom is 0.295 e. The highest BCUT2D eigenvalue weighted by Crippen LogP contribution is 2.40. The van der Waals surface area contributed by atoms with Crippen molar-refractivity contribution in [1.29, 1.82) is 0 Å². The summed E-state index contributed by atoms with van der Waals surface area (Å²) >= 11 is 0. The molecule has 1 aliphatic rings. The minimum absolute atomic E-state index is 0.0270. The van der Waals surface area contributed by atoms with E-state index in [1.165, 1.54) is 23.1 Å². The van der Waals surface area contributed by atoms with Crippen LogP contribution in [0.5, 0.6) is 5.75 Å². The Labute approximate surface area is 198 Å². The van der Waals surface area contributed by atoms with Crippen LogP contribution in [0.4, 0.5) is 5.69 Å². The third-order valence-electron chi connectivity index (χ3n) is 5.44. The number of carbonyl (C=O) groups excluding carboxylic acids is 2. The summed E-state index contributed by atoms with van der Waals surface area (Å²) in [7, 11) is 3.80. The van der Waals surface area contributed by atoms with Crippen LogP contribution in [-0.4, -0.2) is 64.8 Å². The summed E-state index contributed by atoms with van der Waals surface area (Å²) in [5.74, 6) is -1.29. The highest BCUT2D eigenvalue weighted by molar-refractivity contribution is 6.46. The van der Waals surface area contributed by atoms with Gasteiger partial charge >= 0.3 is 0 Å². The molecule has 1 amide bonds. The molecule has 1 N–H and O–H groups in total. The lowest BCUT2D eigenvalue weighted by Gasteiger charge is -2.25. The smallest absolute Gasteiger partial charge is 0.295 e. The number of nitrogens with zero attached hydrogens (tertiary/aromatic N) is 3. The van der Waals surface area contributed by atoms with Gasteiger partial charge in [-0.2, -0.15) is 0 Å². The molecule has 0 aliphatic carbocycles. The van der Waals surface area contributed by atoms with Crippen LogP contribution in [0.2, 0.25) is 0 Å². The van der Waals surface area contributed by atoms with Crippen LogP contribution in [0.25, 0.3) is 5.76 Å². The van der Waals surface area contributed by atoms with Gasteiger partial charge in [0, 0.05) is 24.2 Å². The van der Waals surface area contributed by atoms with E-state index in [0.717, 1.165) is 0 Å². The molecule has 1 saturated heterocycles. The Morgan fingerprint density at radius 3 is 2.44 bits per heavy atom. The number of hydrogen-bond donors (Lipinski definition) is 1. The predicted octanol–water partition coefficient (Wildman–Crippen LogP) is 3.76. The SMILES string of the molecule is CC(C)Oc1ccc(C(O)=C2C(=O)C(=O)N(CCCN(C)C)[C@@H]2c2cccc([N+](=O)[O-])c2)cc1. The molecule has 1 fully saturated rings. The van der Waals surface area contributed by atoms with Crippen LogP contribution in [0, 0.1) is 10.1 Å². The molecule has 1 heterocycles. The van der Waals surface area contributed by atoms with E-state index in [1.54, 1.807) is 30.3 Å². The van der Waals surface area contributed by atoms with Crippen LogP contribution in [-0.2, 0) is 9.59 Å². The molecule has 9 heteroatoms. The number of likely N-dealkylation sites (tertiary alicyclic amines) is 1. The first-order chi connectivity index (χ1) is 16.1. The Bertz CT molecular complexity index is 1110. The van der Waals surface area contributed by atoms with Gasteiger partial charge in [-0.25, -0.2) is 0 Å². The molecule has 0 spiro atoms. The van der Waals surface area contributed by atoms with Gasteiger partial charge in [-0.05, 0) is 70.7 Å². The number of aliphatic hydroxyl groups is 1. The molecule has 2 aromatic carbocycles. The molecule has 9 nitrogen and oxygen atoms in total. The number of aliphatic hydroxyl groups excluding tert-OH is 1. The van der Waals surface area contributed by atoms with E-state index in [-0.39, 0.29) is 29.7 Å². The molecule has 0 bridgehead atoms. The van der Waals surface area contributed by atoms with Gasteiger partial charge in [0.1, 0.15) is 11.5 Å². The van der Waals surface area contributed by atoms with E-state index in [9.17, 15) is 24.8 Å². The summed E-state index contributed by atoms with van der Waals surface area (Å²) in [5.41, 5.74) is 0.483. The minimum atomic E-state index is -0.936. The largest absolute Gasteiger partial charge is 0.507 e.